The van der Waals surface area contributed by atoms with Gasteiger partial charge in [0.2, 0.25) is 0 Å². The molecule has 0 saturated carbocycles. The van der Waals surface area contributed by atoms with E-state index in [4.69, 9.17) is 10.5 Å². The number of rotatable bonds is 6. The van der Waals surface area contributed by atoms with Crippen LogP contribution in [-0.2, 0) is 11.3 Å². The minimum atomic E-state index is -0.708. The third-order valence-electron chi connectivity index (χ3n) is 3.92. The molecule has 2 N–H and O–H groups in total. The van der Waals surface area contributed by atoms with E-state index in [9.17, 15) is 4.39 Å². The standard InChI is InChI=1S/C15H24FN3O/c1-3-11(10-20-2)13-4-5-15(17)18-14(13)9-19-7-6-12(16)8-19/h4-5,11-12H,3,6-10H2,1-2H3,(H2,17,18). The lowest BCUT2D eigenvalue weighted by Crippen LogP contribution is -2.23. The van der Waals surface area contributed by atoms with Crippen molar-refractivity contribution >= 4 is 5.82 Å². The van der Waals surface area contributed by atoms with Crippen LogP contribution < -0.4 is 5.73 Å². The highest BCUT2D eigenvalue weighted by Gasteiger charge is 2.24. The zero-order valence-corrected chi connectivity index (χ0v) is 12.3. The van der Waals surface area contributed by atoms with Gasteiger partial charge in [-0.1, -0.05) is 13.0 Å². The first-order valence-corrected chi connectivity index (χ1v) is 7.24. The van der Waals surface area contributed by atoms with Crippen LogP contribution in [0.3, 0.4) is 0 Å². The van der Waals surface area contributed by atoms with Crippen LogP contribution in [0.4, 0.5) is 10.2 Å². The number of hydrogen-bond acceptors (Lipinski definition) is 4. The molecule has 5 heteroatoms. The summed E-state index contributed by atoms with van der Waals surface area (Å²) in [5, 5.41) is 0. The summed E-state index contributed by atoms with van der Waals surface area (Å²) in [5.41, 5.74) is 7.94. The topological polar surface area (TPSA) is 51.4 Å². The fraction of sp³-hybridized carbons (Fsp3) is 0.667. The number of hydrogen-bond donors (Lipinski definition) is 1. The number of anilines is 1. The molecule has 2 heterocycles. The molecule has 0 bridgehead atoms. The van der Waals surface area contributed by atoms with Gasteiger partial charge in [-0.3, -0.25) is 4.90 Å². The largest absolute Gasteiger partial charge is 0.384 e. The molecule has 1 fully saturated rings. The average Bonchev–Trinajstić information content (AvgIpc) is 2.82. The van der Waals surface area contributed by atoms with Gasteiger partial charge in [0, 0.05) is 32.7 Å². The predicted octanol–water partition coefficient (Wildman–Crippen LogP) is 2.35. The number of halogens is 1. The second-order valence-corrected chi connectivity index (χ2v) is 5.45. The molecule has 1 aromatic heterocycles. The SMILES string of the molecule is CCC(COC)c1ccc(N)nc1CN1CCC(F)C1. The molecule has 112 valence electrons. The van der Waals surface area contributed by atoms with Gasteiger partial charge in [0.25, 0.3) is 0 Å². The van der Waals surface area contributed by atoms with E-state index in [0.717, 1.165) is 18.7 Å². The molecular formula is C15H24FN3O. The fourth-order valence-corrected chi connectivity index (χ4v) is 2.80. The summed E-state index contributed by atoms with van der Waals surface area (Å²) in [4.78, 5) is 6.58. The van der Waals surface area contributed by atoms with E-state index in [0.29, 0.717) is 37.9 Å². The maximum Gasteiger partial charge on any atom is 0.123 e. The average molecular weight is 281 g/mol. The van der Waals surface area contributed by atoms with Crippen LogP contribution in [0.2, 0.25) is 0 Å². The van der Waals surface area contributed by atoms with E-state index in [1.165, 1.54) is 5.56 Å². The Balaban J connectivity index is 2.18. The Morgan fingerprint density at radius 1 is 1.55 bits per heavy atom. The first-order chi connectivity index (χ1) is 9.63. The van der Waals surface area contributed by atoms with E-state index >= 15 is 0 Å². The summed E-state index contributed by atoms with van der Waals surface area (Å²) in [6, 6.07) is 3.87. The summed E-state index contributed by atoms with van der Waals surface area (Å²) in [5.74, 6) is 0.832. The van der Waals surface area contributed by atoms with Crippen molar-refractivity contribution in [3.05, 3.63) is 23.4 Å². The van der Waals surface area contributed by atoms with Crippen molar-refractivity contribution in [3.8, 4) is 0 Å². The number of methoxy groups -OCH3 is 1. The van der Waals surface area contributed by atoms with Gasteiger partial charge >= 0.3 is 0 Å². The van der Waals surface area contributed by atoms with Gasteiger partial charge in [-0.15, -0.1) is 0 Å². The molecule has 0 aliphatic carbocycles. The lowest BCUT2D eigenvalue weighted by molar-refractivity contribution is 0.176. The van der Waals surface area contributed by atoms with Gasteiger partial charge in [-0.25, -0.2) is 9.37 Å². The number of alkyl halides is 1. The zero-order valence-electron chi connectivity index (χ0n) is 12.3. The Labute approximate surface area is 120 Å². The highest BCUT2D eigenvalue weighted by Crippen LogP contribution is 2.26. The molecule has 20 heavy (non-hydrogen) atoms. The second kappa shape index (κ2) is 6.99. The Bertz CT molecular complexity index is 441. The fourth-order valence-electron chi connectivity index (χ4n) is 2.80. The zero-order chi connectivity index (χ0) is 14.5. The van der Waals surface area contributed by atoms with Gasteiger partial charge in [0.1, 0.15) is 12.0 Å². The van der Waals surface area contributed by atoms with Crippen molar-refractivity contribution < 1.29 is 9.13 Å². The van der Waals surface area contributed by atoms with E-state index < -0.39 is 6.17 Å². The number of nitrogens with zero attached hydrogens (tertiary/aromatic N) is 2. The smallest absolute Gasteiger partial charge is 0.123 e. The molecule has 1 aliphatic heterocycles. The summed E-state index contributed by atoms with van der Waals surface area (Å²) in [6.45, 7) is 4.76. The Hall–Kier alpha value is -1.20. The lowest BCUT2D eigenvalue weighted by atomic mass is 9.95. The molecule has 1 aliphatic rings. The van der Waals surface area contributed by atoms with Gasteiger partial charge in [0.15, 0.2) is 0 Å². The first kappa shape index (κ1) is 15.2. The predicted molar refractivity (Wildman–Crippen MR) is 78.3 cm³/mol. The van der Waals surface area contributed by atoms with Gasteiger partial charge in [-0.05, 0) is 24.5 Å². The van der Waals surface area contributed by atoms with Crippen molar-refractivity contribution in [1.29, 1.82) is 0 Å². The molecule has 4 nitrogen and oxygen atoms in total. The lowest BCUT2D eigenvalue weighted by Gasteiger charge is -2.21. The number of pyridine rings is 1. The van der Waals surface area contributed by atoms with Crippen molar-refractivity contribution in [2.45, 2.75) is 38.4 Å². The van der Waals surface area contributed by atoms with Crippen LogP contribution in [0.5, 0.6) is 0 Å². The normalized spacial score (nSPS) is 21.2. The maximum atomic E-state index is 13.3. The molecule has 2 unspecified atom stereocenters. The minimum absolute atomic E-state index is 0.312. The van der Waals surface area contributed by atoms with E-state index in [1.807, 2.05) is 12.1 Å². The third-order valence-corrected chi connectivity index (χ3v) is 3.92. The Morgan fingerprint density at radius 2 is 2.35 bits per heavy atom. The van der Waals surface area contributed by atoms with E-state index in [1.54, 1.807) is 7.11 Å². The number of nitrogens with two attached hydrogens (primary N) is 1. The van der Waals surface area contributed by atoms with Gasteiger partial charge in [0.05, 0.1) is 12.3 Å². The van der Waals surface area contributed by atoms with Crippen LogP contribution in [0.1, 0.15) is 36.9 Å². The molecule has 2 rings (SSSR count). The quantitative estimate of drug-likeness (QED) is 0.869. The minimum Gasteiger partial charge on any atom is -0.384 e. The highest BCUT2D eigenvalue weighted by atomic mass is 19.1. The summed E-state index contributed by atoms with van der Waals surface area (Å²) in [6.07, 6.45) is 0.894. The molecule has 0 amide bonds. The van der Waals surface area contributed by atoms with Crippen LogP contribution in [-0.4, -0.2) is 42.9 Å². The molecular weight excluding hydrogens is 257 g/mol. The molecule has 2 atom stereocenters. The summed E-state index contributed by atoms with van der Waals surface area (Å²) >= 11 is 0. The van der Waals surface area contributed by atoms with Crippen molar-refractivity contribution in [3.63, 3.8) is 0 Å². The number of nitrogen functional groups attached to an aromatic ring is 1. The molecule has 1 aromatic rings. The third kappa shape index (κ3) is 3.67. The summed E-state index contributed by atoms with van der Waals surface area (Å²) < 4.78 is 18.6. The van der Waals surface area contributed by atoms with Crippen LogP contribution >= 0.6 is 0 Å². The number of ether oxygens (including phenoxy) is 1. The van der Waals surface area contributed by atoms with Crippen molar-refractivity contribution in [2.24, 2.45) is 0 Å². The van der Waals surface area contributed by atoms with Crippen molar-refractivity contribution in [2.75, 3.05) is 32.5 Å². The first-order valence-electron chi connectivity index (χ1n) is 7.24. The summed E-state index contributed by atoms with van der Waals surface area (Å²) in [7, 11) is 1.71. The van der Waals surface area contributed by atoms with Gasteiger partial charge < -0.3 is 10.5 Å². The highest BCUT2D eigenvalue weighted by molar-refractivity contribution is 5.36. The Morgan fingerprint density at radius 3 is 2.95 bits per heavy atom. The van der Waals surface area contributed by atoms with Crippen LogP contribution in [0, 0.1) is 0 Å². The second-order valence-electron chi connectivity index (χ2n) is 5.45. The monoisotopic (exact) mass is 281 g/mol. The van der Waals surface area contributed by atoms with E-state index in [2.05, 4.69) is 16.8 Å². The van der Waals surface area contributed by atoms with Crippen LogP contribution in [0.15, 0.2) is 12.1 Å². The molecule has 0 aromatic carbocycles. The number of aromatic nitrogens is 1. The number of likely N-dealkylation sites (tertiary alicyclic amines) is 1. The van der Waals surface area contributed by atoms with Gasteiger partial charge in [-0.2, -0.15) is 0 Å². The molecule has 0 radical (unpaired) electrons. The van der Waals surface area contributed by atoms with E-state index in [-0.39, 0.29) is 0 Å². The molecule has 1 saturated heterocycles. The van der Waals surface area contributed by atoms with Crippen molar-refractivity contribution in [1.82, 2.24) is 9.88 Å². The Kier molecular flexibility index (Phi) is 5.31. The van der Waals surface area contributed by atoms with Crippen LogP contribution in [0.25, 0.3) is 0 Å². The maximum absolute atomic E-state index is 13.3. The molecule has 0 spiro atoms.